The van der Waals surface area contributed by atoms with Crippen LogP contribution in [0.25, 0.3) is 0 Å². The van der Waals surface area contributed by atoms with E-state index in [1.165, 1.54) is 5.56 Å². The third-order valence-electron chi connectivity index (χ3n) is 5.23. The van der Waals surface area contributed by atoms with E-state index in [0.29, 0.717) is 13.2 Å². The molecule has 1 aliphatic rings. The number of carbonyl (C=O) groups is 1. The summed E-state index contributed by atoms with van der Waals surface area (Å²) in [5.41, 5.74) is 2.92. The van der Waals surface area contributed by atoms with Crippen LogP contribution in [-0.4, -0.2) is 33.7 Å². The first-order valence-corrected chi connectivity index (χ1v) is 9.85. The second-order valence-electron chi connectivity index (χ2n) is 7.02. The van der Waals surface area contributed by atoms with E-state index >= 15 is 0 Å². The van der Waals surface area contributed by atoms with Gasteiger partial charge >= 0.3 is 0 Å². The first-order valence-electron chi connectivity index (χ1n) is 9.85. The van der Waals surface area contributed by atoms with Gasteiger partial charge in [-0.2, -0.15) is 5.10 Å². The lowest BCUT2D eigenvalue weighted by molar-refractivity contribution is 0.0734. The molecule has 2 heterocycles. The van der Waals surface area contributed by atoms with Crippen LogP contribution in [0.3, 0.4) is 0 Å². The third-order valence-corrected chi connectivity index (χ3v) is 5.23. The Morgan fingerprint density at radius 3 is 2.71 bits per heavy atom. The van der Waals surface area contributed by atoms with Crippen molar-refractivity contribution in [3.63, 3.8) is 0 Å². The topological polar surface area (TPSA) is 47.4 Å². The van der Waals surface area contributed by atoms with Crippen molar-refractivity contribution < 1.29 is 9.53 Å². The first kappa shape index (κ1) is 18.3. The fourth-order valence-corrected chi connectivity index (χ4v) is 3.90. The monoisotopic (exact) mass is 375 g/mol. The van der Waals surface area contributed by atoms with Crippen LogP contribution in [0, 0.1) is 0 Å². The second kappa shape index (κ2) is 8.30. The summed E-state index contributed by atoms with van der Waals surface area (Å²) in [6.07, 6.45) is 5.68. The van der Waals surface area contributed by atoms with E-state index in [9.17, 15) is 4.79 Å². The maximum atomic E-state index is 13.4. The molecule has 1 atom stereocenters. The Hall–Kier alpha value is -3.08. The zero-order valence-corrected chi connectivity index (χ0v) is 16.1. The molecule has 0 unspecified atom stereocenters. The molecule has 0 bridgehead atoms. The van der Waals surface area contributed by atoms with Gasteiger partial charge in [0.1, 0.15) is 5.75 Å². The van der Waals surface area contributed by atoms with Crippen LogP contribution in [0.4, 0.5) is 0 Å². The molecule has 3 aromatic rings. The highest BCUT2D eigenvalue weighted by atomic mass is 16.5. The molecule has 1 amide bonds. The number of rotatable bonds is 6. The molecule has 2 aromatic carbocycles. The average molecular weight is 375 g/mol. The van der Waals surface area contributed by atoms with Crippen molar-refractivity contribution in [3.05, 3.63) is 83.7 Å². The van der Waals surface area contributed by atoms with Crippen molar-refractivity contribution in [1.82, 2.24) is 14.7 Å². The molecule has 4 rings (SSSR count). The van der Waals surface area contributed by atoms with E-state index in [2.05, 4.69) is 17.2 Å². The molecule has 5 heteroatoms. The summed E-state index contributed by atoms with van der Waals surface area (Å²) < 4.78 is 7.39. The van der Waals surface area contributed by atoms with Crippen molar-refractivity contribution in [2.45, 2.75) is 32.4 Å². The number of likely N-dealkylation sites (tertiary alicyclic amines) is 1. The summed E-state index contributed by atoms with van der Waals surface area (Å²) in [6, 6.07) is 18.0. The van der Waals surface area contributed by atoms with E-state index in [-0.39, 0.29) is 11.9 Å². The predicted molar refractivity (Wildman–Crippen MR) is 108 cm³/mol. The number of amides is 1. The molecule has 144 valence electrons. The third kappa shape index (κ3) is 3.79. The molecule has 0 spiro atoms. The van der Waals surface area contributed by atoms with Crippen LogP contribution in [0.5, 0.6) is 5.75 Å². The van der Waals surface area contributed by atoms with Crippen LogP contribution in [0.15, 0.2) is 67.0 Å². The minimum Gasteiger partial charge on any atom is -0.494 e. The maximum absolute atomic E-state index is 13.4. The number of hydrogen-bond donors (Lipinski definition) is 0. The van der Waals surface area contributed by atoms with Gasteiger partial charge in [-0.1, -0.05) is 30.3 Å². The van der Waals surface area contributed by atoms with Gasteiger partial charge in [0, 0.05) is 24.5 Å². The Morgan fingerprint density at radius 1 is 1.14 bits per heavy atom. The van der Waals surface area contributed by atoms with Crippen molar-refractivity contribution in [2.24, 2.45) is 0 Å². The number of hydrogen-bond acceptors (Lipinski definition) is 3. The summed E-state index contributed by atoms with van der Waals surface area (Å²) in [5, 5.41) is 4.28. The zero-order chi connectivity index (χ0) is 19.3. The highest BCUT2D eigenvalue weighted by Crippen LogP contribution is 2.34. The number of nitrogens with zero attached hydrogens (tertiary/aromatic N) is 3. The quantitative estimate of drug-likeness (QED) is 0.645. The molecule has 1 aromatic heterocycles. The fraction of sp³-hybridized carbons (Fsp3) is 0.304. The Morgan fingerprint density at radius 2 is 1.96 bits per heavy atom. The molecule has 0 saturated carbocycles. The Kier molecular flexibility index (Phi) is 5.42. The van der Waals surface area contributed by atoms with Gasteiger partial charge in [-0.3, -0.25) is 9.48 Å². The SMILES string of the molecule is CCOc1ccc([C@H]2CCCN2C(=O)c2ccccc2Cn2cccn2)cc1. The maximum Gasteiger partial charge on any atom is 0.254 e. The highest BCUT2D eigenvalue weighted by Gasteiger charge is 2.31. The van der Waals surface area contributed by atoms with E-state index in [1.807, 2.05) is 65.2 Å². The van der Waals surface area contributed by atoms with Gasteiger partial charge in [0.15, 0.2) is 0 Å². The highest BCUT2D eigenvalue weighted by molar-refractivity contribution is 5.96. The van der Waals surface area contributed by atoms with Crippen LogP contribution in [0.1, 0.15) is 47.3 Å². The number of ether oxygens (including phenoxy) is 1. The van der Waals surface area contributed by atoms with Gasteiger partial charge in [0.25, 0.3) is 5.91 Å². The molecule has 0 aliphatic carbocycles. The van der Waals surface area contributed by atoms with Crippen molar-refractivity contribution in [1.29, 1.82) is 0 Å². The molecule has 1 fully saturated rings. The second-order valence-corrected chi connectivity index (χ2v) is 7.02. The minimum absolute atomic E-state index is 0.0964. The van der Waals surface area contributed by atoms with Crippen LogP contribution in [-0.2, 0) is 6.54 Å². The van der Waals surface area contributed by atoms with E-state index < -0.39 is 0 Å². The number of aromatic nitrogens is 2. The van der Waals surface area contributed by atoms with Crippen molar-refractivity contribution >= 4 is 5.91 Å². The predicted octanol–water partition coefficient (Wildman–Crippen LogP) is 4.31. The largest absolute Gasteiger partial charge is 0.494 e. The van der Waals surface area contributed by atoms with E-state index in [4.69, 9.17) is 4.74 Å². The van der Waals surface area contributed by atoms with Gasteiger partial charge in [-0.25, -0.2) is 0 Å². The Balaban J connectivity index is 1.57. The van der Waals surface area contributed by atoms with E-state index in [1.54, 1.807) is 6.20 Å². The van der Waals surface area contributed by atoms with Gasteiger partial charge in [-0.05, 0) is 55.2 Å². The van der Waals surface area contributed by atoms with Crippen molar-refractivity contribution in [3.8, 4) is 5.75 Å². The van der Waals surface area contributed by atoms with Gasteiger partial charge in [-0.15, -0.1) is 0 Å². The van der Waals surface area contributed by atoms with Crippen LogP contribution < -0.4 is 4.74 Å². The number of benzene rings is 2. The molecular formula is C23H25N3O2. The normalized spacial score (nSPS) is 16.3. The molecule has 1 saturated heterocycles. The summed E-state index contributed by atoms with van der Waals surface area (Å²) in [6.45, 7) is 4.01. The lowest BCUT2D eigenvalue weighted by atomic mass is 10.0. The zero-order valence-electron chi connectivity index (χ0n) is 16.1. The summed E-state index contributed by atoms with van der Waals surface area (Å²) in [5.74, 6) is 0.964. The molecule has 5 nitrogen and oxygen atoms in total. The standard InChI is InChI=1S/C23H25N3O2/c1-2-28-20-12-10-18(11-13-20)22-9-5-16-26(22)23(27)21-8-4-3-7-19(21)17-25-15-6-14-24-25/h3-4,6-8,10-15,22H,2,5,9,16-17H2,1H3/t22-/m1/s1. The van der Waals surface area contributed by atoms with Crippen LogP contribution >= 0.6 is 0 Å². The minimum atomic E-state index is 0.0964. The van der Waals surface area contributed by atoms with Gasteiger partial charge < -0.3 is 9.64 Å². The lowest BCUT2D eigenvalue weighted by Gasteiger charge is -2.26. The Labute approximate surface area is 165 Å². The fourth-order valence-electron chi connectivity index (χ4n) is 3.90. The van der Waals surface area contributed by atoms with Crippen molar-refractivity contribution in [2.75, 3.05) is 13.2 Å². The summed E-state index contributed by atoms with van der Waals surface area (Å²) in [7, 11) is 0. The van der Waals surface area contributed by atoms with Crippen LogP contribution in [0.2, 0.25) is 0 Å². The summed E-state index contributed by atoms with van der Waals surface area (Å²) >= 11 is 0. The molecule has 28 heavy (non-hydrogen) atoms. The first-order chi connectivity index (χ1) is 13.8. The average Bonchev–Trinajstić information content (AvgIpc) is 3.41. The van der Waals surface area contributed by atoms with E-state index in [0.717, 1.165) is 36.3 Å². The molecular weight excluding hydrogens is 350 g/mol. The molecule has 0 radical (unpaired) electrons. The molecule has 1 aliphatic heterocycles. The smallest absolute Gasteiger partial charge is 0.254 e. The van der Waals surface area contributed by atoms with Gasteiger partial charge in [0.05, 0.1) is 19.2 Å². The molecule has 0 N–H and O–H groups in total. The summed E-state index contributed by atoms with van der Waals surface area (Å²) in [4.78, 5) is 15.4. The van der Waals surface area contributed by atoms with Gasteiger partial charge in [0.2, 0.25) is 0 Å². The number of carbonyl (C=O) groups excluding carboxylic acids is 1. The lowest BCUT2D eigenvalue weighted by Crippen LogP contribution is -2.31. The Bertz CT molecular complexity index is 919.